The van der Waals surface area contributed by atoms with Gasteiger partial charge in [-0.15, -0.1) is 0 Å². The normalized spacial score (nSPS) is 32.4. The predicted molar refractivity (Wildman–Crippen MR) is 77.7 cm³/mol. The van der Waals surface area contributed by atoms with Gasteiger partial charge < -0.3 is 16.0 Å². The average Bonchev–Trinajstić information content (AvgIpc) is 2.83. The minimum absolute atomic E-state index is 0.258. The highest BCUT2D eigenvalue weighted by Crippen LogP contribution is 2.30. The molecule has 4 nitrogen and oxygen atoms in total. The number of nitrogens with one attached hydrogen (secondary N) is 1. The molecule has 0 aromatic carbocycles. The molecular weight excluding hydrogens is 238 g/mol. The molecule has 1 amide bonds. The van der Waals surface area contributed by atoms with Crippen molar-refractivity contribution in [3.8, 4) is 0 Å². The van der Waals surface area contributed by atoms with Gasteiger partial charge in [0.15, 0.2) is 0 Å². The van der Waals surface area contributed by atoms with Crippen LogP contribution in [0.3, 0.4) is 0 Å². The number of nitrogens with zero attached hydrogens (tertiary/aromatic N) is 1. The number of hydrogen-bond acceptors (Lipinski definition) is 3. The van der Waals surface area contributed by atoms with E-state index in [1.165, 1.54) is 25.8 Å². The van der Waals surface area contributed by atoms with E-state index in [0.717, 1.165) is 44.8 Å². The first-order valence-electron chi connectivity index (χ1n) is 7.85. The number of amides is 1. The first-order valence-corrected chi connectivity index (χ1v) is 7.85. The molecule has 0 aromatic heterocycles. The van der Waals surface area contributed by atoms with Crippen LogP contribution in [0.2, 0.25) is 0 Å². The highest BCUT2D eigenvalue weighted by Gasteiger charge is 2.27. The first-order chi connectivity index (χ1) is 9.19. The molecule has 0 bridgehead atoms. The van der Waals surface area contributed by atoms with E-state index in [0.29, 0.717) is 11.8 Å². The fraction of sp³-hybridized carbons (Fsp3) is 0.933. The molecule has 2 aliphatic rings. The molecule has 3 N–H and O–H groups in total. The van der Waals surface area contributed by atoms with Gasteiger partial charge in [0.25, 0.3) is 0 Å². The van der Waals surface area contributed by atoms with Crippen molar-refractivity contribution < 1.29 is 4.79 Å². The van der Waals surface area contributed by atoms with Crippen LogP contribution < -0.4 is 11.1 Å². The second-order valence-corrected chi connectivity index (χ2v) is 6.46. The van der Waals surface area contributed by atoms with Crippen LogP contribution in [0, 0.1) is 17.8 Å². The van der Waals surface area contributed by atoms with Gasteiger partial charge >= 0.3 is 0 Å². The summed E-state index contributed by atoms with van der Waals surface area (Å²) in [5.41, 5.74) is 5.60. The first kappa shape index (κ1) is 14.8. The molecule has 2 rings (SSSR count). The number of carbonyl (C=O) groups is 1. The SMILES string of the molecule is CN1CCC(CNC(=O)C2CCC(CCN)CC2)C1. The summed E-state index contributed by atoms with van der Waals surface area (Å²) in [4.78, 5) is 14.5. The van der Waals surface area contributed by atoms with Crippen LogP contribution in [-0.2, 0) is 4.79 Å². The van der Waals surface area contributed by atoms with Crippen LogP contribution in [0.15, 0.2) is 0 Å². The smallest absolute Gasteiger partial charge is 0.223 e. The van der Waals surface area contributed by atoms with E-state index in [-0.39, 0.29) is 5.92 Å². The van der Waals surface area contributed by atoms with Gasteiger partial charge in [0.1, 0.15) is 0 Å². The molecule has 1 atom stereocenters. The van der Waals surface area contributed by atoms with Gasteiger partial charge in [0.05, 0.1) is 0 Å². The largest absolute Gasteiger partial charge is 0.356 e. The number of nitrogens with two attached hydrogens (primary N) is 1. The number of rotatable bonds is 5. The van der Waals surface area contributed by atoms with Crippen molar-refractivity contribution in [3.05, 3.63) is 0 Å². The Morgan fingerprint density at radius 2 is 1.95 bits per heavy atom. The van der Waals surface area contributed by atoms with E-state index in [4.69, 9.17) is 5.73 Å². The summed E-state index contributed by atoms with van der Waals surface area (Å²) >= 11 is 0. The zero-order valence-corrected chi connectivity index (χ0v) is 12.2. The molecule has 2 fully saturated rings. The van der Waals surface area contributed by atoms with Crippen molar-refractivity contribution in [2.24, 2.45) is 23.5 Å². The zero-order valence-electron chi connectivity index (χ0n) is 12.2. The van der Waals surface area contributed by atoms with Crippen LogP contribution in [0.1, 0.15) is 38.5 Å². The van der Waals surface area contributed by atoms with Crippen molar-refractivity contribution in [1.82, 2.24) is 10.2 Å². The topological polar surface area (TPSA) is 58.4 Å². The lowest BCUT2D eigenvalue weighted by Gasteiger charge is -2.27. The lowest BCUT2D eigenvalue weighted by molar-refractivity contribution is -0.126. The van der Waals surface area contributed by atoms with Crippen molar-refractivity contribution in [3.63, 3.8) is 0 Å². The summed E-state index contributed by atoms with van der Waals surface area (Å²) < 4.78 is 0. The van der Waals surface area contributed by atoms with Crippen molar-refractivity contribution >= 4 is 5.91 Å². The zero-order chi connectivity index (χ0) is 13.7. The second-order valence-electron chi connectivity index (χ2n) is 6.46. The highest BCUT2D eigenvalue weighted by molar-refractivity contribution is 5.78. The fourth-order valence-electron chi connectivity index (χ4n) is 3.53. The summed E-state index contributed by atoms with van der Waals surface area (Å²) in [6, 6.07) is 0. The Morgan fingerprint density at radius 3 is 2.53 bits per heavy atom. The standard InChI is InChI=1S/C15H29N3O/c1-18-9-7-13(11-18)10-17-15(19)14-4-2-12(3-5-14)6-8-16/h12-14H,2-11,16H2,1H3,(H,17,19). The Morgan fingerprint density at radius 1 is 1.21 bits per heavy atom. The van der Waals surface area contributed by atoms with Crippen molar-refractivity contribution in [1.29, 1.82) is 0 Å². The molecule has 4 heteroatoms. The molecule has 0 aromatic rings. The lowest BCUT2D eigenvalue weighted by Crippen LogP contribution is -2.36. The molecule has 19 heavy (non-hydrogen) atoms. The Kier molecular flexibility index (Phi) is 5.64. The van der Waals surface area contributed by atoms with Gasteiger partial charge in [-0.2, -0.15) is 0 Å². The Labute approximate surface area is 117 Å². The van der Waals surface area contributed by atoms with Gasteiger partial charge in [0, 0.05) is 19.0 Å². The van der Waals surface area contributed by atoms with Crippen LogP contribution in [-0.4, -0.2) is 44.0 Å². The van der Waals surface area contributed by atoms with E-state index in [2.05, 4.69) is 17.3 Å². The van der Waals surface area contributed by atoms with Gasteiger partial charge in [-0.3, -0.25) is 4.79 Å². The molecule has 0 radical (unpaired) electrons. The van der Waals surface area contributed by atoms with Gasteiger partial charge in [-0.1, -0.05) is 0 Å². The average molecular weight is 267 g/mol. The van der Waals surface area contributed by atoms with E-state index in [9.17, 15) is 4.79 Å². The summed E-state index contributed by atoms with van der Waals surface area (Å²) in [7, 11) is 2.15. The van der Waals surface area contributed by atoms with Crippen LogP contribution in [0.25, 0.3) is 0 Å². The second kappa shape index (κ2) is 7.25. The summed E-state index contributed by atoms with van der Waals surface area (Å²) in [5.74, 6) is 1.97. The quantitative estimate of drug-likeness (QED) is 0.787. The maximum atomic E-state index is 12.2. The summed E-state index contributed by atoms with van der Waals surface area (Å²) in [5, 5.41) is 3.17. The molecule has 1 unspecified atom stereocenters. The van der Waals surface area contributed by atoms with Gasteiger partial charge in [-0.25, -0.2) is 0 Å². The Bertz CT molecular complexity index is 287. The molecule has 0 spiro atoms. The molecule has 1 heterocycles. The van der Waals surface area contributed by atoms with Gasteiger partial charge in [-0.05, 0) is 70.5 Å². The maximum absolute atomic E-state index is 12.2. The van der Waals surface area contributed by atoms with Crippen LogP contribution in [0.4, 0.5) is 0 Å². The molecule has 1 saturated carbocycles. The maximum Gasteiger partial charge on any atom is 0.223 e. The third-order valence-electron chi connectivity index (χ3n) is 4.85. The Balaban J connectivity index is 1.64. The van der Waals surface area contributed by atoms with Crippen molar-refractivity contribution in [2.75, 3.05) is 33.2 Å². The molecule has 1 aliphatic carbocycles. The van der Waals surface area contributed by atoms with Crippen molar-refractivity contribution in [2.45, 2.75) is 38.5 Å². The van der Waals surface area contributed by atoms with E-state index in [1.54, 1.807) is 0 Å². The Hall–Kier alpha value is -0.610. The monoisotopic (exact) mass is 267 g/mol. The third-order valence-corrected chi connectivity index (χ3v) is 4.85. The number of likely N-dealkylation sites (tertiary alicyclic amines) is 1. The molecule has 110 valence electrons. The summed E-state index contributed by atoms with van der Waals surface area (Å²) in [6.45, 7) is 3.96. The minimum Gasteiger partial charge on any atom is -0.356 e. The van der Waals surface area contributed by atoms with Crippen LogP contribution >= 0.6 is 0 Å². The van der Waals surface area contributed by atoms with Crippen LogP contribution in [0.5, 0.6) is 0 Å². The third kappa shape index (κ3) is 4.46. The fourth-order valence-corrected chi connectivity index (χ4v) is 3.53. The van der Waals surface area contributed by atoms with E-state index < -0.39 is 0 Å². The highest BCUT2D eigenvalue weighted by atomic mass is 16.1. The predicted octanol–water partition coefficient (Wildman–Crippen LogP) is 1.21. The molecule has 1 saturated heterocycles. The minimum atomic E-state index is 0.258. The van der Waals surface area contributed by atoms with Gasteiger partial charge in [0.2, 0.25) is 5.91 Å². The summed E-state index contributed by atoms with van der Waals surface area (Å²) in [6.07, 6.45) is 6.83. The number of carbonyl (C=O) groups excluding carboxylic acids is 1. The molecule has 1 aliphatic heterocycles. The number of hydrogen-bond donors (Lipinski definition) is 2. The van der Waals surface area contributed by atoms with E-state index in [1.807, 2.05) is 0 Å². The molecular formula is C15H29N3O. The lowest BCUT2D eigenvalue weighted by atomic mass is 9.80. The van der Waals surface area contributed by atoms with E-state index >= 15 is 0 Å².